The average molecular weight is 225 g/mol. The van der Waals surface area contributed by atoms with Crippen molar-refractivity contribution in [3.05, 3.63) is 48.1 Å². The molecule has 12 heavy (non-hydrogen) atoms. The Labute approximate surface area is 82.5 Å². The lowest BCUT2D eigenvalue weighted by molar-refractivity contribution is 0.944. The Morgan fingerprint density at radius 1 is 1.00 bits per heavy atom. The summed E-state index contributed by atoms with van der Waals surface area (Å²) in [6.07, 6.45) is 17.0. The first-order chi connectivity index (χ1) is 5.93. The van der Waals surface area contributed by atoms with Crippen LogP contribution < -0.4 is 0 Å². The molecular formula is C11H13Br. The van der Waals surface area contributed by atoms with Gasteiger partial charge in [0.2, 0.25) is 0 Å². The van der Waals surface area contributed by atoms with Gasteiger partial charge in [0.05, 0.1) is 0 Å². The van der Waals surface area contributed by atoms with Gasteiger partial charge >= 0.3 is 0 Å². The molecule has 0 saturated carbocycles. The third-order valence-corrected chi connectivity index (χ3v) is 2.22. The lowest BCUT2D eigenvalue weighted by Crippen LogP contribution is -1.81. The molecule has 0 amide bonds. The van der Waals surface area contributed by atoms with Crippen LogP contribution in [0.25, 0.3) is 0 Å². The minimum Gasteiger partial charge on any atom is -0.0928 e. The fraction of sp³-hybridized carbons (Fsp3) is 0.273. The van der Waals surface area contributed by atoms with Gasteiger partial charge in [-0.05, 0) is 18.4 Å². The van der Waals surface area contributed by atoms with E-state index in [1.165, 1.54) is 12.0 Å². The van der Waals surface area contributed by atoms with Gasteiger partial charge in [-0.15, -0.1) is 0 Å². The molecule has 64 valence electrons. The van der Waals surface area contributed by atoms with Crippen LogP contribution in [0.3, 0.4) is 0 Å². The molecule has 0 aromatic heterocycles. The molecule has 0 nitrogen and oxygen atoms in total. The van der Waals surface area contributed by atoms with E-state index in [1.54, 1.807) is 0 Å². The van der Waals surface area contributed by atoms with E-state index < -0.39 is 0 Å². The van der Waals surface area contributed by atoms with Crippen LogP contribution >= 0.6 is 15.9 Å². The van der Waals surface area contributed by atoms with Crippen molar-refractivity contribution < 1.29 is 0 Å². The van der Waals surface area contributed by atoms with E-state index in [0.717, 1.165) is 11.8 Å². The molecule has 1 heteroatoms. The third kappa shape index (κ3) is 3.72. The topological polar surface area (TPSA) is 0 Å². The summed E-state index contributed by atoms with van der Waals surface area (Å²) in [6.45, 7) is 0. The SMILES string of the molecule is BrCCCC1=CC=CC=CC=C1. The van der Waals surface area contributed by atoms with Gasteiger partial charge in [-0.2, -0.15) is 0 Å². The van der Waals surface area contributed by atoms with Gasteiger partial charge in [-0.25, -0.2) is 0 Å². The molecule has 0 atom stereocenters. The first-order valence-electron chi connectivity index (χ1n) is 4.20. The van der Waals surface area contributed by atoms with Crippen molar-refractivity contribution in [2.45, 2.75) is 12.8 Å². The van der Waals surface area contributed by atoms with Gasteiger partial charge < -0.3 is 0 Å². The van der Waals surface area contributed by atoms with Gasteiger partial charge in [0.15, 0.2) is 0 Å². The second-order valence-corrected chi connectivity index (χ2v) is 3.46. The third-order valence-electron chi connectivity index (χ3n) is 1.66. The van der Waals surface area contributed by atoms with Crippen molar-refractivity contribution in [1.82, 2.24) is 0 Å². The Morgan fingerprint density at radius 3 is 2.58 bits per heavy atom. The molecule has 0 unspecified atom stereocenters. The molecule has 1 aliphatic carbocycles. The van der Waals surface area contributed by atoms with Gasteiger partial charge in [0.25, 0.3) is 0 Å². The van der Waals surface area contributed by atoms with Crippen LogP contribution in [0.5, 0.6) is 0 Å². The van der Waals surface area contributed by atoms with Crippen LogP contribution in [0.2, 0.25) is 0 Å². The monoisotopic (exact) mass is 224 g/mol. The number of hydrogen-bond acceptors (Lipinski definition) is 0. The summed E-state index contributed by atoms with van der Waals surface area (Å²) in [7, 11) is 0. The van der Waals surface area contributed by atoms with Crippen molar-refractivity contribution in [2.24, 2.45) is 0 Å². The molecule has 1 rings (SSSR count). The number of allylic oxidation sites excluding steroid dienone is 8. The van der Waals surface area contributed by atoms with Crippen molar-refractivity contribution in [3.63, 3.8) is 0 Å². The van der Waals surface area contributed by atoms with E-state index in [-0.39, 0.29) is 0 Å². The quantitative estimate of drug-likeness (QED) is 0.641. The van der Waals surface area contributed by atoms with Crippen LogP contribution in [0.4, 0.5) is 0 Å². The van der Waals surface area contributed by atoms with Crippen molar-refractivity contribution in [2.75, 3.05) is 5.33 Å². The molecular weight excluding hydrogens is 212 g/mol. The largest absolute Gasteiger partial charge is 0.0928 e. The van der Waals surface area contributed by atoms with Crippen LogP contribution in [0.1, 0.15) is 12.8 Å². The maximum absolute atomic E-state index is 3.43. The summed E-state index contributed by atoms with van der Waals surface area (Å²) >= 11 is 3.43. The summed E-state index contributed by atoms with van der Waals surface area (Å²) in [4.78, 5) is 0. The molecule has 0 aromatic rings. The first kappa shape index (κ1) is 9.53. The summed E-state index contributed by atoms with van der Waals surface area (Å²) in [5.41, 5.74) is 1.40. The van der Waals surface area contributed by atoms with E-state index in [0.29, 0.717) is 0 Å². The molecule has 0 fully saturated rings. The predicted molar refractivity (Wildman–Crippen MR) is 58.5 cm³/mol. The van der Waals surface area contributed by atoms with Crippen molar-refractivity contribution >= 4 is 15.9 Å². The molecule has 0 spiro atoms. The molecule has 0 N–H and O–H groups in total. The Bertz CT molecular complexity index is 231. The maximum Gasteiger partial charge on any atom is 0.00344 e. The Hall–Kier alpha value is -0.560. The normalized spacial score (nSPS) is 15.6. The standard InChI is InChI=1S/C11H13Br/c12-10-6-9-11-7-4-2-1-3-5-8-11/h1-5,7-8H,6,9-10H2. The van der Waals surface area contributed by atoms with Crippen molar-refractivity contribution in [3.8, 4) is 0 Å². The molecule has 0 aromatic carbocycles. The molecule has 0 heterocycles. The highest BCUT2D eigenvalue weighted by Gasteiger charge is 1.90. The molecule has 0 bridgehead atoms. The van der Waals surface area contributed by atoms with Crippen molar-refractivity contribution in [1.29, 1.82) is 0 Å². The maximum atomic E-state index is 3.43. The second-order valence-electron chi connectivity index (χ2n) is 2.66. The number of alkyl halides is 1. The van der Waals surface area contributed by atoms with Gasteiger partial charge in [0.1, 0.15) is 0 Å². The fourth-order valence-corrected chi connectivity index (χ4v) is 1.32. The van der Waals surface area contributed by atoms with Crippen LogP contribution in [-0.2, 0) is 0 Å². The fourth-order valence-electron chi connectivity index (χ4n) is 1.04. The predicted octanol–water partition coefficient (Wildman–Crippen LogP) is 3.77. The Balaban J connectivity index is 2.50. The van der Waals surface area contributed by atoms with Gasteiger partial charge in [0, 0.05) is 5.33 Å². The zero-order valence-electron chi connectivity index (χ0n) is 7.04. The van der Waals surface area contributed by atoms with E-state index in [9.17, 15) is 0 Å². The minimum atomic E-state index is 1.08. The highest BCUT2D eigenvalue weighted by atomic mass is 79.9. The highest BCUT2D eigenvalue weighted by molar-refractivity contribution is 9.09. The van der Waals surface area contributed by atoms with Gasteiger partial charge in [-0.3, -0.25) is 0 Å². The van der Waals surface area contributed by atoms with E-state index in [1.807, 2.05) is 6.08 Å². The minimum absolute atomic E-state index is 1.08. The lowest BCUT2D eigenvalue weighted by Gasteiger charge is -1.98. The summed E-state index contributed by atoms with van der Waals surface area (Å²) < 4.78 is 0. The zero-order chi connectivity index (χ0) is 8.65. The van der Waals surface area contributed by atoms with E-state index in [2.05, 4.69) is 52.4 Å². The average Bonchev–Trinajstić information content (AvgIpc) is 2.02. The lowest BCUT2D eigenvalue weighted by atomic mass is 10.1. The molecule has 0 radical (unpaired) electrons. The first-order valence-corrected chi connectivity index (χ1v) is 5.32. The summed E-state index contributed by atoms with van der Waals surface area (Å²) in [5.74, 6) is 0. The number of rotatable bonds is 3. The van der Waals surface area contributed by atoms with E-state index >= 15 is 0 Å². The van der Waals surface area contributed by atoms with Crippen LogP contribution in [-0.4, -0.2) is 5.33 Å². The molecule has 1 aliphatic rings. The summed E-state index contributed by atoms with van der Waals surface area (Å²) in [6, 6.07) is 0. The second kappa shape index (κ2) is 6.01. The van der Waals surface area contributed by atoms with Crippen LogP contribution in [0.15, 0.2) is 48.1 Å². The summed E-state index contributed by atoms with van der Waals surface area (Å²) in [5, 5.41) is 1.08. The smallest absolute Gasteiger partial charge is 0.00344 e. The highest BCUT2D eigenvalue weighted by Crippen LogP contribution is 2.09. The Kier molecular flexibility index (Phi) is 4.77. The van der Waals surface area contributed by atoms with Gasteiger partial charge in [-0.1, -0.05) is 58.5 Å². The molecule has 0 aliphatic heterocycles. The van der Waals surface area contributed by atoms with Crippen LogP contribution in [0, 0.1) is 0 Å². The number of hydrogen-bond donors (Lipinski definition) is 0. The Morgan fingerprint density at radius 2 is 1.75 bits per heavy atom. The number of halogens is 1. The zero-order valence-corrected chi connectivity index (χ0v) is 8.63. The van der Waals surface area contributed by atoms with E-state index in [4.69, 9.17) is 0 Å². The molecule has 0 saturated heterocycles.